The van der Waals surface area contributed by atoms with Gasteiger partial charge in [0.1, 0.15) is 11.7 Å². The van der Waals surface area contributed by atoms with E-state index < -0.39 is 0 Å². The highest BCUT2D eigenvalue weighted by Crippen LogP contribution is 2.23. The molecule has 0 fully saturated rings. The Kier molecular flexibility index (Phi) is 3.05. The summed E-state index contributed by atoms with van der Waals surface area (Å²) in [6.45, 7) is 1.99. The van der Waals surface area contributed by atoms with E-state index in [4.69, 9.17) is 5.73 Å². The van der Waals surface area contributed by atoms with Crippen molar-refractivity contribution >= 4 is 27.5 Å². The second-order valence-electron chi connectivity index (χ2n) is 3.80. The van der Waals surface area contributed by atoms with Gasteiger partial charge in [0.15, 0.2) is 0 Å². The number of nitrogens with two attached hydrogens (primary N) is 1. The summed E-state index contributed by atoms with van der Waals surface area (Å²) in [4.78, 5) is 0. The lowest BCUT2D eigenvalue weighted by Gasteiger charge is -2.16. The van der Waals surface area contributed by atoms with E-state index in [9.17, 15) is 4.39 Å². The molecule has 1 unspecified atom stereocenters. The number of hydrogen-bond acceptors (Lipinski definition) is 3. The smallest absolute Gasteiger partial charge is 0.125 e. The van der Waals surface area contributed by atoms with E-state index in [0.717, 1.165) is 17.7 Å². The summed E-state index contributed by atoms with van der Waals surface area (Å²) in [5, 5.41) is 7.95. The Morgan fingerprint density at radius 2 is 2.19 bits per heavy atom. The Labute approximate surface area is 101 Å². The van der Waals surface area contributed by atoms with Crippen molar-refractivity contribution < 1.29 is 4.39 Å². The van der Waals surface area contributed by atoms with Crippen LogP contribution in [0.15, 0.2) is 32.9 Å². The zero-order valence-corrected chi connectivity index (χ0v) is 10.3. The monoisotopic (exact) mass is 283 g/mol. The molecule has 2 N–H and O–H groups in total. The van der Waals surface area contributed by atoms with Gasteiger partial charge in [0.2, 0.25) is 0 Å². The molecule has 3 nitrogen and oxygen atoms in total. The quantitative estimate of drug-likeness (QED) is 0.847. The van der Waals surface area contributed by atoms with Gasteiger partial charge in [-0.2, -0.15) is 5.10 Å². The fourth-order valence-corrected chi connectivity index (χ4v) is 2.12. The second-order valence-corrected chi connectivity index (χ2v) is 4.66. The third-order valence-electron chi connectivity index (χ3n) is 2.53. The van der Waals surface area contributed by atoms with Gasteiger partial charge in [0.05, 0.1) is 5.71 Å². The van der Waals surface area contributed by atoms with Crippen LogP contribution in [0.25, 0.3) is 0 Å². The van der Waals surface area contributed by atoms with E-state index in [-0.39, 0.29) is 11.7 Å². The van der Waals surface area contributed by atoms with E-state index in [1.165, 1.54) is 12.1 Å². The van der Waals surface area contributed by atoms with Gasteiger partial charge in [-0.05, 0) is 18.2 Å². The highest BCUT2D eigenvalue weighted by molar-refractivity contribution is 9.10. The normalized spacial score (nSPS) is 20.3. The van der Waals surface area contributed by atoms with E-state index in [2.05, 4.69) is 26.1 Å². The average molecular weight is 284 g/mol. The molecule has 5 heteroatoms. The van der Waals surface area contributed by atoms with Gasteiger partial charge in [-0.3, -0.25) is 0 Å². The van der Waals surface area contributed by atoms with E-state index in [1.807, 2.05) is 6.92 Å². The molecule has 0 saturated carbocycles. The summed E-state index contributed by atoms with van der Waals surface area (Å²) in [6, 6.07) is 4.53. The average Bonchev–Trinajstić information content (AvgIpc) is 2.22. The molecule has 2 rings (SSSR count). The molecular weight excluding hydrogens is 273 g/mol. The lowest BCUT2D eigenvalue weighted by Crippen LogP contribution is -2.26. The molecule has 1 atom stereocenters. The van der Waals surface area contributed by atoms with Gasteiger partial charge in [-0.1, -0.05) is 22.9 Å². The first-order valence-corrected chi connectivity index (χ1v) is 5.72. The standard InChI is InChI=1S/C11H11BrFN3/c1-6-4-10(15-16-11(6)14)8-3-2-7(13)5-9(8)12/h2-3,5-6H,4H2,1H3,(H2,14,16). The maximum Gasteiger partial charge on any atom is 0.125 e. The first-order chi connectivity index (χ1) is 7.58. The van der Waals surface area contributed by atoms with Crippen LogP contribution in [0.1, 0.15) is 18.9 Å². The molecule has 84 valence electrons. The van der Waals surface area contributed by atoms with Crippen molar-refractivity contribution in [2.45, 2.75) is 13.3 Å². The third kappa shape index (κ3) is 2.14. The lowest BCUT2D eigenvalue weighted by molar-refractivity contribution is 0.626. The topological polar surface area (TPSA) is 50.7 Å². The van der Waals surface area contributed by atoms with Gasteiger partial charge in [-0.15, -0.1) is 5.10 Å². The molecule has 0 aromatic heterocycles. The van der Waals surface area contributed by atoms with Crippen LogP contribution in [0.4, 0.5) is 4.39 Å². The van der Waals surface area contributed by atoms with Gasteiger partial charge in [0, 0.05) is 22.4 Å². The van der Waals surface area contributed by atoms with Crippen LogP contribution in [-0.2, 0) is 0 Å². The maximum absolute atomic E-state index is 12.9. The minimum Gasteiger partial charge on any atom is -0.385 e. The Bertz CT molecular complexity index is 482. The molecule has 0 aliphatic carbocycles. The SMILES string of the molecule is CC1CC(c2ccc(F)cc2Br)=NN=C1N. The van der Waals surface area contributed by atoms with E-state index in [0.29, 0.717) is 10.3 Å². The Morgan fingerprint density at radius 1 is 1.44 bits per heavy atom. The predicted octanol–water partition coefficient (Wildman–Crippen LogP) is 2.69. The van der Waals surface area contributed by atoms with Crippen LogP contribution in [0.5, 0.6) is 0 Å². The second kappa shape index (κ2) is 4.33. The molecular formula is C11H11BrFN3. The minimum absolute atomic E-state index is 0.171. The molecule has 0 saturated heterocycles. The summed E-state index contributed by atoms with van der Waals surface area (Å²) in [7, 11) is 0. The fourth-order valence-electron chi connectivity index (χ4n) is 1.54. The number of benzene rings is 1. The molecule has 1 heterocycles. The minimum atomic E-state index is -0.275. The third-order valence-corrected chi connectivity index (χ3v) is 3.19. The number of nitrogens with zero attached hydrogens (tertiary/aromatic N) is 2. The number of amidine groups is 1. The van der Waals surface area contributed by atoms with Gasteiger partial charge in [-0.25, -0.2) is 4.39 Å². The Balaban J connectivity index is 2.39. The van der Waals surface area contributed by atoms with Crippen molar-refractivity contribution in [3.8, 4) is 0 Å². The molecule has 16 heavy (non-hydrogen) atoms. The molecule has 1 aliphatic heterocycles. The first-order valence-electron chi connectivity index (χ1n) is 4.93. The van der Waals surface area contributed by atoms with Crippen LogP contribution < -0.4 is 5.73 Å². The summed E-state index contributed by atoms with van der Waals surface area (Å²) < 4.78 is 13.6. The van der Waals surface area contributed by atoms with Crippen molar-refractivity contribution in [2.24, 2.45) is 21.9 Å². The van der Waals surface area contributed by atoms with Gasteiger partial charge >= 0.3 is 0 Å². The molecule has 0 bridgehead atoms. The zero-order valence-electron chi connectivity index (χ0n) is 8.74. The van der Waals surface area contributed by atoms with E-state index >= 15 is 0 Å². The maximum atomic E-state index is 12.9. The van der Waals surface area contributed by atoms with Crippen molar-refractivity contribution in [1.29, 1.82) is 0 Å². The number of rotatable bonds is 1. The highest BCUT2D eigenvalue weighted by Gasteiger charge is 2.18. The summed E-state index contributed by atoms with van der Waals surface area (Å²) in [5.74, 6) is 0.439. The van der Waals surface area contributed by atoms with Crippen LogP contribution in [0.2, 0.25) is 0 Å². The molecule has 0 amide bonds. The van der Waals surface area contributed by atoms with Crippen LogP contribution in [-0.4, -0.2) is 11.5 Å². The zero-order chi connectivity index (χ0) is 11.7. The van der Waals surface area contributed by atoms with E-state index in [1.54, 1.807) is 6.07 Å². The summed E-state index contributed by atoms with van der Waals surface area (Å²) in [6.07, 6.45) is 0.722. The lowest BCUT2D eigenvalue weighted by atomic mass is 9.97. The molecule has 0 spiro atoms. The van der Waals surface area contributed by atoms with Crippen LogP contribution in [0.3, 0.4) is 0 Å². The van der Waals surface area contributed by atoms with Crippen molar-refractivity contribution in [3.05, 3.63) is 34.1 Å². The first kappa shape index (κ1) is 11.3. The van der Waals surface area contributed by atoms with Crippen LogP contribution in [0, 0.1) is 11.7 Å². The van der Waals surface area contributed by atoms with Gasteiger partial charge in [0.25, 0.3) is 0 Å². The fraction of sp³-hybridized carbons (Fsp3) is 0.273. The summed E-state index contributed by atoms with van der Waals surface area (Å²) in [5.41, 5.74) is 7.34. The van der Waals surface area contributed by atoms with Crippen molar-refractivity contribution in [3.63, 3.8) is 0 Å². The molecule has 1 aromatic rings. The Morgan fingerprint density at radius 3 is 2.81 bits per heavy atom. The van der Waals surface area contributed by atoms with Crippen LogP contribution >= 0.6 is 15.9 Å². The Hall–Kier alpha value is -1.23. The number of halogens is 2. The molecule has 1 aliphatic rings. The molecule has 0 radical (unpaired) electrons. The van der Waals surface area contributed by atoms with Crippen molar-refractivity contribution in [2.75, 3.05) is 0 Å². The van der Waals surface area contributed by atoms with Gasteiger partial charge < -0.3 is 5.73 Å². The highest BCUT2D eigenvalue weighted by atomic mass is 79.9. The summed E-state index contributed by atoms with van der Waals surface area (Å²) >= 11 is 3.32. The predicted molar refractivity (Wildman–Crippen MR) is 66.0 cm³/mol. The molecule has 1 aromatic carbocycles. The van der Waals surface area contributed by atoms with Crippen molar-refractivity contribution in [1.82, 2.24) is 0 Å². The number of hydrogen-bond donors (Lipinski definition) is 1. The largest absolute Gasteiger partial charge is 0.385 e.